The minimum atomic E-state index is -0.125. The zero-order chi connectivity index (χ0) is 10.8. The first kappa shape index (κ1) is 12.7. The van der Waals surface area contributed by atoms with Crippen LogP contribution in [0.3, 0.4) is 0 Å². The van der Waals surface area contributed by atoms with Crippen LogP contribution in [0.5, 0.6) is 5.75 Å². The maximum atomic E-state index is 9.19. The number of hydrogen-bond donors (Lipinski definition) is 3. The standard InChI is InChI=1S/C9H10O.C2H6O2/c1-2-5-8-6-3-4-7-9(8)10;3-1-2-4/h2-4,6-7,10H,1,5H2;3-4H,1-2H2. The van der Waals surface area contributed by atoms with Crippen LogP contribution >= 0.6 is 0 Å². The minimum Gasteiger partial charge on any atom is -0.508 e. The molecule has 1 rings (SSSR count). The molecule has 0 aromatic heterocycles. The molecule has 0 radical (unpaired) electrons. The molecule has 0 heterocycles. The van der Waals surface area contributed by atoms with Crippen LogP contribution < -0.4 is 0 Å². The highest BCUT2D eigenvalue weighted by molar-refractivity contribution is 5.32. The Kier molecular flexibility index (Phi) is 7.50. The van der Waals surface area contributed by atoms with E-state index >= 15 is 0 Å². The van der Waals surface area contributed by atoms with Crippen molar-refractivity contribution < 1.29 is 15.3 Å². The highest BCUT2D eigenvalue weighted by Gasteiger charge is 1.93. The summed E-state index contributed by atoms with van der Waals surface area (Å²) in [7, 11) is 0. The van der Waals surface area contributed by atoms with E-state index in [2.05, 4.69) is 6.58 Å². The van der Waals surface area contributed by atoms with Crippen LogP contribution in [-0.2, 0) is 6.42 Å². The van der Waals surface area contributed by atoms with Crippen molar-refractivity contribution in [3.05, 3.63) is 42.5 Å². The van der Waals surface area contributed by atoms with Crippen molar-refractivity contribution in [3.63, 3.8) is 0 Å². The third kappa shape index (κ3) is 5.35. The third-order valence-corrected chi connectivity index (χ3v) is 1.46. The Morgan fingerprint density at radius 1 is 1.14 bits per heavy atom. The lowest BCUT2D eigenvalue weighted by Gasteiger charge is -1.97. The van der Waals surface area contributed by atoms with Gasteiger partial charge in [-0.2, -0.15) is 0 Å². The lowest BCUT2D eigenvalue weighted by Crippen LogP contribution is -1.85. The van der Waals surface area contributed by atoms with Crippen molar-refractivity contribution in [3.8, 4) is 5.75 Å². The largest absolute Gasteiger partial charge is 0.508 e. The molecule has 0 atom stereocenters. The van der Waals surface area contributed by atoms with Crippen LogP contribution in [0, 0.1) is 0 Å². The predicted molar refractivity (Wildman–Crippen MR) is 56.2 cm³/mol. The molecule has 0 aliphatic carbocycles. The van der Waals surface area contributed by atoms with Crippen LogP contribution in [0.1, 0.15) is 5.56 Å². The molecule has 0 aliphatic heterocycles. The van der Waals surface area contributed by atoms with Crippen LogP contribution in [0.15, 0.2) is 36.9 Å². The summed E-state index contributed by atoms with van der Waals surface area (Å²) in [6.45, 7) is 3.34. The summed E-state index contributed by atoms with van der Waals surface area (Å²) in [5, 5.41) is 24.4. The third-order valence-electron chi connectivity index (χ3n) is 1.46. The van der Waals surface area contributed by atoms with E-state index in [0.29, 0.717) is 5.75 Å². The molecule has 3 nitrogen and oxygen atoms in total. The Hall–Kier alpha value is -1.32. The smallest absolute Gasteiger partial charge is 0.119 e. The fourth-order valence-electron chi connectivity index (χ4n) is 0.839. The average Bonchev–Trinajstić information content (AvgIpc) is 2.22. The van der Waals surface area contributed by atoms with Crippen LogP contribution in [0.2, 0.25) is 0 Å². The van der Waals surface area contributed by atoms with Crippen molar-refractivity contribution in [2.75, 3.05) is 13.2 Å². The van der Waals surface area contributed by atoms with Gasteiger partial charge in [-0.3, -0.25) is 0 Å². The molecular weight excluding hydrogens is 180 g/mol. The summed E-state index contributed by atoms with van der Waals surface area (Å²) < 4.78 is 0. The number of rotatable bonds is 3. The summed E-state index contributed by atoms with van der Waals surface area (Å²) in [5.41, 5.74) is 0.928. The first-order valence-corrected chi connectivity index (χ1v) is 4.35. The normalized spacial score (nSPS) is 8.71. The molecule has 0 spiro atoms. The van der Waals surface area contributed by atoms with Crippen LogP contribution in [-0.4, -0.2) is 28.5 Å². The molecule has 3 heteroatoms. The summed E-state index contributed by atoms with van der Waals surface area (Å²) in [4.78, 5) is 0. The maximum absolute atomic E-state index is 9.19. The Morgan fingerprint density at radius 2 is 1.71 bits per heavy atom. The number of phenols is 1. The van der Waals surface area contributed by atoms with Crippen molar-refractivity contribution in [1.29, 1.82) is 0 Å². The predicted octanol–water partition coefficient (Wildman–Crippen LogP) is 1.09. The molecule has 1 aromatic carbocycles. The first-order valence-electron chi connectivity index (χ1n) is 4.35. The van der Waals surface area contributed by atoms with Gasteiger partial charge in [-0.05, 0) is 18.1 Å². The second kappa shape index (κ2) is 8.29. The van der Waals surface area contributed by atoms with Gasteiger partial charge in [0, 0.05) is 0 Å². The van der Waals surface area contributed by atoms with Gasteiger partial charge >= 0.3 is 0 Å². The van der Waals surface area contributed by atoms with E-state index in [1.54, 1.807) is 12.1 Å². The summed E-state index contributed by atoms with van der Waals surface area (Å²) >= 11 is 0. The van der Waals surface area contributed by atoms with E-state index in [1.165, 1.54) is 0 Å². The number of benzene rings is 1. The Bertz CT molecular complexity index is 256. The van der Waals surface area contributed by atoms with E-state index in [-0.39, 0.29) is 13.2 Å². The second-order valence-electron chi connectivity index (χ2n) is 2.57. The molecule has 0 saturated carbocycles. The molecule has 0 fully saturated rings. The van der Waals surface area contributed by atoms with E-state index in [4.69, 9.17) is 10.2 Å². The van der Waals surface area contributed by atoms with Gasteiger partial charge < -0.3 is 15.3 Å². The van der Waals surface area contributed by atoms with E-state index < -0.39 is 0 Å². The Labute approximate surface area is 84.0 Å². The van der Waals surface area contributed by atoms with Gasteiger partial charge in [-0.15, -0.1) is 6.58 Å². The summed E-state index contributed by atoms with van der Waals surface area (Å²) in [6.07, 6.45) is 2.50. The number of para-hydroxylation sites is 1. The quantitative estimate of drug-likeness (QED) is 0.634. The van der Waals surface area contributed by atoms with Gasteiger partial charge in [0.05, 0.1) is 13.2 Å². The molecule has 3 N–H and O–H groups in total. The fraction of sp³-hybridized carbons (Fsp3) is 0.273. The fourth-order valence-corrected chi connectivity index (χ4v) is 0.839. The lowest BCUT2D eigenvalue weighted by atomic mass is 10.1. The van der Waals surface area contributed by atoms with Gasteiger partial charge in [0.2, 0.25) is 0 Å². The van der Waals surface area contributed by atoms with Gasteiger partial charge in [-0.1, -0.05) is 24.3 Å². The number of aliphatic hydroxyl groups excluding tert-OH is 2. The molecule has 0 bridgehead atoms. The van der Waals surface area contributed by atoms with Crippen LogP contribution in [0.4, 0.5) is 0 Å². The van der Waals surface area contributed by atoms with E-state index in [1.807, 2.05) is 18.2 Å². The minimum absolute atomic E-state index is 0.125. The average molecular weight is 196 g/mol. The van der Waals surface area contributed by atoms with Crippen molar-refractivity contribution in [1.82, 2.24) is 0 Å². The summed E-state index contributed by atoms with van der Waals surface area (Å²) in [5.74, 6) is 0.349. The topological polar surface area (TPSA) is 60.7 Å². The van der Waals surface area contributed by atoms with Crippen LogP contribution in [0.25, 0.3) is 0 Å². The van der Waals surface area contributed by atoms with E-state index in [0.717, 1.165) is 12.0 Å². The molecule has 0 aliphatic rings. The number of phenolic OH excluding ortho intramolecular Hbond substituents is 1. The first-order chi connectivity index (χ1) is 6.76. The maximum Gasteiger partial charge on any atom is 0.119 e. The van der Waals surface area contributed by atoms with Gasteiger partial charge in [0.25, 0.3) is 0 Å². The zero-order valence-corrected chi connectivity index (χ0v) is 8.06. The zero-order valence-electron chi connectivity index (χ0n) is 8.06. The molecule has 0 unspecified atom stereocenters. The lowest BCUT2D eigenvalue weighted by molar-refractivity contribution is 0.186. The number of aliphatic hydroxyl groups is 2. The molecule has 1 aromatic rings. The summed E-state index contributed by atoms with van der Waals surface area (Å²) in [6, 6.07) is 7.27. The number of aromatic hydroxyl groups is 1. The molecule has 78 valence electrons. The highest BCUT2D eigenvalue weighted by Crippen LogP contribution is 2.15. The van der Waals surface area contributed by atoms with Gasteiger partial charge in [0.15, 0.2) is 0 Å². The van der Waals surface area contributed by atoms with Crippen molar-refractivity contribution in [2.24, 2.45) is 0 Å². The molecule has 0 amide bonds. The van der Waals surface area contributed by atoms with Gasteiger partial charge in [0.1, 0.15) is 5.75 Å². The Morgan fingerprint density at radius 3 is 2.14 bits per heavy atom. The molecule has 14 heavy (non-hydrogen) atoms. The number of hydrogen-bond acceptors (Lipinski definition) is 3. The van der Waals surface area contributed by atoms with E-state index in [9.17, 15) is 5.11 Å². The molecular formula is C11H16O3. The second-order valence-corrected chi connectivity index (χ2v) is 2.57. The number of allylic oxidation sites excluding steroid dienone is 1. The monoisotopic (exact) mass is 196 g/mol. The highest BCUT2D eigenvalue weighted by atomic mass is 16.3. The molecule has 0 saturated heterocycles. The Balaban J connectivity index is 0.000000364. The van der Waals surface area contributed by atoms with Crippen molar-refractivity contribution >= 4 is 0 Å². The van der Waals surface area contributed by atoms with Gasteiger partial charge in [-0.25, -0.2) is 0 Å². The van der Waals surface area contributed by atoms with Crippen molar-refractivity contribution in [2.45, 2.75) is 6.42 Å². The SMILES string of the molecule is C=CCc1ccccc1O.OCCO.